The molecule has 2 aliphatic heterocycles. The number of ether oxygens (including phenoxy) is 1. The summed E-state index contributed by atoms with van der Waals surface area (Å²) in [5.41, 5.74) is 1.45. The summed E-state index contributed by atoms with van der Waals surface area (Å²) in [6.07, 6.45) is -4.74. The minimum Gasteiger partial charge on any atom is -0.450 e. The number of anilines is 2. The Kier molecular flexibility index (Phi) is 10.0. The number of halogens is 4. The summed E-state index contributed by atoms with van der Waals surface area (Å²) in [6.45, 7) is 6.07. The molecule has 2 saturated heterocycles. The maximum absolute atomic E-state index is 13.2. The van der Waals surface area contributed by atoms with Gasteiger partial charge < -0.3 is 24.3 Å². The van der Waals surface area contributed by atoms with E-state index in [1.807, 2.05) is 17.0 Å². The van der Waals surface area contributed by atoms with Crippen molar-refractivity contribution < 1.29 is 27.5 Å². The van der Waals surface area contributed by atoms with Gasteiger partial charge in [-0.25, -0.2) is 14.8 Å². The number of carbonyl (C=O) groups is 2. The first-order valence-corrected chi connectivity index (χ1v) is 15.6. The van der Waals surface area contributed by atoms with E-state index < -0.39 is 11.7 Å². The average molecular weight is 649 g/mol. The van der Waals surface area contributed by atoms with Crippen LogP contribution in [0.25, 0.3) is 0 Å². The summed E-state index contributed by atoms with van der Waals surface area (Å²) in [5.74, 6) is 1.15. The Labute approximate surface area is 262 Å². The predicted octanol–water partition coefficient (Wildman–Crippen LogP) is 5.68. The quantitative estimate of drug-likeness (QED) is 0.184. The van der Waals surface area contributed by atoms with Gasteiger partial charge in [0.15, 0.2) is 5.16 Å². The SMILES string of the molecule is CCOC(=O)N1CCN(C(=O)c2ccc(CSc3nc(Cl)cc(N4CCN(c5cccc(C(F)(F)F)c5)CC4)n3)cc2)CC1. The molecule has 0 unspecified atom stereocenters. The molecule has 2 aliphatic rings. The second kappa shape index (κ2) is 13.9. The Balaban J connectivity index is 1.13. The van der Waals surface area contributed by atoms with Gasteiger partial charge in [0.05, 0.1) is 12.2 Å². The van der Waals surface area contributed by atoms with Crippen LogP contribution in [0.1, 0.15) is 28.4 Å². The number of rotatable bonds is 7. The maximum atomic E-state index is 13.2. The van der Waals surface area contributed by atoms with Gasteiger partial charge in [-0.3, -0.25) is 4.79 Å². The molecule has 1 aromatic heterocycles. The minimum atomic E-state index is -4.38. The number of benzene rings is 2. The number of thioether (sulfide) groups is 1. The van der Waals surface area contributed by atoms with Crippen LogP contribution in [-0.2, 0) is 16.7 Å². The minimum absolute atomic E-state index is 0.0799. The van der Waals surface area contributed by atoms with Crippen molar-refractivity contribution in [3.63, 3.8) is 0 Å². The monoisotopic (exact) mass is 648 g/mol. The molecule has 2 amide bonds. The third kappa shape index (κ3) is 7.86. The van der Waals surface area contributed by atoms with Crippen molar-refractivity contribution in [3.8, 4) is 0 Å². The molecule has 0 aliphatic carbocycles. The molecule has 234 valence electrons. The molecule has 3 heterocycles. The van der Waals surface area contributed by atoms with E-state index in [9.17, 15) is 22.8 Å². The first-order chi connectivity index (χ1) is 21.1. The largest absolute Gasteiger partial charge is 0.450 e. The molecule has 9 nitrogen and oxygen atoms in total. The smallest absolute Gasteiger partial charge is 0.416 e. The van der Waals surface area contributed by atoms with E-state index in [2.05, 4.69) is 14.9 Å². The lowest BCUT2D eigenvalue weighted by molar-refractivity contribution is -0.137. The van der Waals surface area contributed by atoms with Crippen LogP contribution in [0, 0.1) is 0 Å². The fraction of sp³-hybridized carbons (Fsp3) is 0.400. The summed E-state index contributed by atoms with van der Waals surface area (Å²) >= 11 is 7.75. The second-order valence-electron chi connectivity index (χ2n) is 10.3. The summed E-state index contributed by atoms with van der Waals surface area (Å²) in [6, 6.07) is 14.5. The number of aromatic nitrogens is 2. The summed E-state index contributed by atoms with van der Waals surface area (Å²) in [4.78, 5) is 41.2. The van der Waals surface area contributed by atoms with Crippen LogP contribution < -0.4 is 9.80 Å². The van der Waals surface area contributed by atoms with E-state index in [0.29, 0.717) is 92.1 Å². The lowest BCUT2D eigenvalue weighted by Gasteiger charge is -2.37. The standard InChI is InChI=1S/C30H32ClF3N6O3S/c1-2-43-29(42)40-16-14-39(15-17-40)27(41)22-8-6-21(7-9-22)20-44-28-35-25(31)19-26(36-28)38-12-10-37(11-13-38)24-5-3-4-23(18-24)30(32,33)34/h3-9,18-19H,2,10-17,20H2,1H3. The number of hydrogen-bond acceptors (Lipinski definition) is 8. The Morgan fingerprint density at radius 2 is 1.55 bits per heavy atom. The molecule has 0 N–H and O–H groups in total. The first-order valence-electron chi connectivity index (χ1n) is 14.2. The Bertz CT molecular complexity index is 1460. The molecule has 2 aromatic carbocycles. The normalized spacial score (nSPS) is 15.8. The van der Waals surface area contributed by atoms with Gasteiger partial charge in [0, 0.05) is 75.4 Å². The number of alkyl halides is 3. The predicted molar refractivity (Wildman–Crippen MR) is 163 cm³/mol. The van der Waals surface area contributed by atoms with Crippen LogP contribution in [0.5, 0.6) is 0 Å². The Hall–Kier alpha value is -3.71. The van der Waals surface area contributed by atoms with Crippen LogP contribution in [0.15, 0.2) is 59.8 Å². The highest BCUT2D eigenvalue weighted by atomic mass is 35.5. The average Bonchev–Trinajstić information content (AvgIpc) is 3.03. The van der Waals surface area contributed by atoms with Crippen LogP contribution in [0.3, 0.4) is 0 Å². The molecule has 44 heavy (non-hydrogen) atoms. The van der Waals surface area contributed by atoms with Crippen LogP contribution in [0.2, 0.25) is 5.15 Å². The zero-order chi connectivity index (χ0) is 31.3. The van der Waals surface area contributed by atoms with Gasteiger partial charge in [0.1, 0.15) is 11.0 Å². The number of nitrogens with zero attached hydrogens (tertiary/aromatic N) is 6. The lowest BCUT2D eigenvalue weighted by atomic mass is 10.1. The molecule has 0 atom stereocenters. The zero-order valence-electron chi connectivity index (χ0n) is 24.1. The van der Waals surface area contributed by atoms with Crippen molar-refractivity contribution in [3.05, 3.63) is 76.4 Å². The third-order valence-electron chi connectivity index (χ3n) is 7.46. The van der Waals surface area contributed by atoms with E-state index in [1.165, 1.54) is 23.9 Å². The molecule has 3 aromatic rings. The summed E-state index contributed by atoms with van der Waals surface area (Å²) < 4.78 is 44.5. The highest BCUT2D eigenvalue weighted by molar-refractivity contribution is 7.98. The van der Waals surface area contributed by atoms with Crippen molar-refractivity contribution in [2.24, 2.45) is 0 Å². The van der Waals surface area contributed by atoms with Gasteiger partial charge in [-0.05, 0) is 42.8 Å². The van der Waals surface area contributed by atoms with Crippen molar-refractivity contribution in [2.45, 2.75) is 24.0 Å². The van der Waals surface area contributed by atoms with Gasteiger partial charge >= 0.3 is 12.3 Å². The first kappa shape index (κ1) is 31.7. The number of hydrogen-bond donors (Lipinski definition) is 0. The number of piperazine rings is 2. The van der Waals surface area contributed by atoms with E-state index in [4.69, 9.17) is 16.3 Å². The Morgan fingerprint density at radius 1 is 0.886 bits per heavy atom. The highest BCUT2D eigenvalue weighted by Gasteiger charge is 2.31. The van der Waals surface area contributed by atoms with Crippen LogP contribution in [-0.4, -0.2) is 90.7 Å². The lowest BCUT2D eigenvalue weighted by Crippen LogP contribution is -2.50. The molecule has 0 spiro atoms. The fourth-order valence-electron chi connectivity index (χ4n) is 5.07. The fourth-order valence-corrected chi connectivity index (χ4v) is 6.10. The molecular weight excluding hydrogens is 617 g/mol. The van der Waals surface area contributed by atoms with Crippen molar-refractivity contribution >= 4 is 46.9 Å². The van der Waals surface area contributed by atoms with Crippen LogP contribution in [0.4, 0.5) is 29.5 Å². The topological polar surface area (TPSA) is 82.1 Å². The Morgan fingerprint density at radius 3 is 2.20 bits per heavy atom. The third-order valence-corrected chi connectivity index (χ3v) is 8.58. The van der Waals surface area contributed by atoms with Crippen molar-refractivity contribution in [2.75, 3.05) is 68.8 Å². The van der Waals surface area contributed by atoms with Gasteiger partial charge in [0.25, 0.3) is 5.91 Å². The molecule has 5 rings (SSSR count). The second-order valence-corrected chi connectivity index (χ2v) is 11.6. The summed E-state index contributed by atoms with van der Waals surface area (Å²) in [7, 11) is 0. The van der Waals surface area contributed by atoms with Gasteiger partial charge in [-0.2, -0.15) is 13.2 Å². The summed E-state index contributed by atoms with van der Waals surface area (Å²) in [5, 5.41) is 0.814. The van der Waals surface area contributed by atoms with E-state index in [0.717, 1.165) is 11.6 Å². The van der Waals surface area contributed by atoms with E-state index in [-0.39, 0.29) is 12.0 Å². The highest BCUT2D eigenvalue weighted by Crippen LogP contribution is 2.32. The van der Waals surface area contributed by atoms with Gasteiger partial charge in [-0.1, -0.05) is 41.6 Å². The van der Waals surface area contributed by atoms with E-state index >= 15 is 0 Å². The molecule has 0 radical (unpaired) electrons. The van der Waals surface area contributed by atoms with Gasteiger partial charge in [-0.15, -0.1) is 0 Å². The molecular formula is C30H32ClF3N6O3S. The molecule has 2 fully saturated rings. The molecule has 0 bridgehead atoms. The van der Waals surface area contributed by atoms with Crippen LogP contribution >= 0.6 is 23.4 Å². The van der Waals surface area contributed by atoms with Gasteiger partial charge in [0.2, 0.25) is 0 Å². The molecule has 14 heteroatoms. The van der Waals surface area contributed by atoms with Crippen molar-refractivity contribution in [1.29, 1.82) is 0 Å². The zero-order valence-corrected chi connectivity index (χ0v) is 25.7. The van der Waals surface area contributed by atoms with Crippen molar-refractivity contribution in [1.82, 2.24) is 19.8 Å². The maximum Gasteiger partial charge on any atom is 0.416 e. The molecule has 0 saturated carbocycles. The van der Waals surface area contributed by atoms with E-state index in [1.54, 1.807) is 41.0 Å². The number of amides is 2. The number of carbonyl (C=O) groups excluding carboxylic acids is 2.